The van der Waals surface area contributed by atoms with Crippen molar-refractivity contribution in [3.8, 4) is 16.9 Å². The highest BCUT2D eigenvalue weighted by molar-refractivity contribution is 5.98. The first-order chi connectivity index (χ1) is 17.5. The number of rotatable bonds is 3. The third-order valence-electron chi connectivity index (χ3n) is 6.28. The molecule has 7 nitrogen and oxygen atoms in total. The summed E-state index contributed by atoms with van der Waals surface area (Å²) in [5, 5.41) is 5.34. The largest absolute Gasteiger partial charge is 0.494 e. The number of hydrogen-bond acceptors (Lipinski definition) is 6. The number of benzene rings is 1. The number of halogens is 1. The van der Waals surface area contributed by atoms with Gasteiger partial charge in [-0.3, -0.25) is 4.98 Å². The average molecular weight is 495 g/mol. The van der Waals surface area contributed by atoms with E-state index in [1.54, 1.807) is 18.5 Å². The molecule has 1 spiro atoms. The smallest absolute Gasteiger partial charge is 0.167 e. The molecule has 0 atom stereocenters. The Kier molecular flexibility index (Phi) is 8.84. The molecule has 4 aromatic rings. The zero-order chi connectivity index (χ0) is 26.5. The molecular formula is C28H39FN6O. The first-order valence-corrected chi connectivity index (χ1v) is 12.9. The second-order valence-electron chi connectivity index (χ2n) is 8.53. The quantitative estimate of drug-likeness (QED) is 0.352. The SMILES string of the molecule is CC.CC.CC.COc1cc2c(-c3cnn4cc(N5CC6(CN(C)C6)C5)cnc34)ccnc2cc1F. The summed E-state index contributed by atoms with van der Waals surface area (Å²) in [4.78, 5) is 13.7. The number of pyridine rings is 1. The van der Waals surface area contributed by atoms with Gasteiger partial charge in [0.25, 0.3) is 0 Å². The van der Waals surface area contributed by atoms with Gasteiger partial charge in [0.2, 0.25) is 0 Å². The summed E-state index contributed by atoms with van der Waals surface area (Å²) in [7, 11) is 3.62. The van der Waals surface area contributed by atoms with Gasteiger partial charge in [0.05, 0.1) is 36.9 Å². The molecule has 8 heteroatoms. The van der Waals surface area contributed by atoms with Gasteiger partial charge in [0.1, 0.15) is 0 Å². The van der Waals surface area contributed by atoms with Gasteiger partial charge in [-0.05, 0) is 24.7 Å². The van der Waals surface area contributed by atoms with E-state index in [1.807, 2.05) is 64.5 Å². The van der Waals surface area contributed by atoms with Crippen LogP contribution in [0.2, 0.25) is 0 Å². The van der Waals surface area contributed by atoms with Crippen molar-refractivity contribution in [2.75, 3.05) is 45.2 Å². The van der Waals surface area contributed by atoms with Gasteiger partial charge in [-0.1, -0.05) is 41.5 Å². The molecular weight excluding hydrogens is 455 g/mol. The number of likely N-dealkylation sites (tertiary alicyclic amines) is 1. The second kappa shape index (κ2) is 11.6. The average Bonchev–Trinajstić information content (AvgIpc) is 3.31. The molecule has 3 aromatic heterocycles. The highest BCUT2D eigenvalue weighted by Crippen LogP contribution is 2.41. The van der Waals surface area contributed by atoms with Crippen molar-refractivity contribution in [2.45, 2.75) is 41.5 Å². The number of hydrogen-bond donors (Lipinski definition) is 0. The maximum absolute atomic E-state index is 14.1. The molecule has 0 bridgehead atoms. The number of ether oxygens (including phenoxy) is 1. The summed E-state index contributed by atoms with van der Waals surface area (Å²) >= 11 is 0. The van der Waals surface area contributed by atoms with E-state index in [0.717, 1.165) is 40.9 Å². The molecule has 0 aliphatic carbocycles. The Bertz CT molecular complexity index is 1290. The van der Waals surface area contributed by atoms with Crippen LogP contribution in [0, 0.1) is 11.2 Å². The molecule has 6 rings (SSSR count). The van der Waals surface area contributed by atoms with Crippen molar-refractivity contribution in [2.24, 2.45) is 5.41 Å². The van der Waals surface area contributed by atoms with Gasteiger partial charge >= 0.3 is 0 Å². The molecule has 5 heterocycles. The van der Waals surface area contributed by atoms with Gasteiger partial charge in [0, 0.05) is 54.8 Å². The molecule has 2 saturated heterocycles. The number of aromatic nitrogens is 4. The lowest BCUT2D eigenvalue weighted by Gasteiger charge is -2.60. The van der Waals surface area contributed by atoms with E-state index in [9.17, 15) is 4.39 Å². The maximum Gasteiger partial charge on any atom is 0.167 e. The van der Waals surface area contributed by atoms with Crippen LogP contribution in [0.1, 0.15) is 41.5 Å². The molecule has 1 aromatic carbocycles. The fourth-order valence-electron chi connectivity index (χ4n) is 5.00. The van der Waals surface area contributed by atoms with E-state index in [1.165, 1.54) is 26.3 Å². The van der Waals surface area contributed by atoms with Gasteiger partial charge in [-0.25, -0.2) is 13.9 Å². The highest BCUT2D eigenvalue weighted by atomic mass is 19.1. The third kappa shape index (κ3) is 4.87. The summed E-state index contributed by atoms with van der Waals surface area (Å²) in [5.41, 5.74) is 4.65. The standard InChI is InChI=1S/C22H21FN6O.3C2H6/c1-27-10-22(11-27)12-28(13-22)14-7-25-21-17(8-26-29(21)9-14)15-3-4-24-19-6-18(23)20(30-2)5-16(15)19;3*1-2/h3-9H,10-13H2,1-2H3;3*1-2H3. The Morgan fingerprint density at radius 3 is 2.25 bits per heavy atom. The van der Waals surface area contributed by atoms with Crippen LogP contribution in [0.4, 0.5) is 10.1 Å². The lowest BCUT2D eigenvalue weighted by atomic mass is 9.73. The molecule has 0 amide bonds. The summed E-state index contributed by atoms with van der Waals surface area (Å²) in [6.45, 7) is 16.5. The van der Waals surface area contributed by atoms with Gasteiger partial charge < -0.3 is 14.5 Å². The maximum atomic E-state index is 14.1. The Hall–Kier alpha value is -3.26. The molecule has 0 radical (unpaired) electrons. The van der Waals surface area contributed by atoms with Crippen LogP contribution in [0.5, 0.6) is 5.75 Å². The molecule has 194 valence electrons. The molecule has 0 unspecified atom stereocenters. The summed E-state index contributed by atoms with van der Waals surface area (Å²) in [6, 6.07) is 4.98. The molecule has 0 N–H and O–H groups in total. The van der Waals surface area contributed by atoms with Crippen LogP contribution in [0.3, 0.4) is 0 Å². The zero-order valence-corrected chi connectivity index (χ0v) is 22.8. The highest BCUT2D eigenvalue weighted by Gasteiger charge is 2.50. The Labute approximate surface area is 213 Å². The van der Waals surface area contributed by atoms with E-state index in [4.69, 9.17) is 9.72 Å². The monoisotopic (exact) mass is 494 g/mol. The lowest BCUT2D eigenvalue weighted by Crippen LogP contribution is -2.71. The van der Waals surface area contributed by atoms with Gasteiger partial charge in [0.15, 0.2) is 17.2 Å². The summed E-state index contributed by atoms with van der Waals surface area (Å²) in [6.07, 6.45) is 7.43. The normalized spacial score (nSPS) is 15.5. The van der Waals surface area contributed by atoms with E-state index in [0.29, 0.717) is 10.9 Å². The van der Waals surface area contributed by atoms with Crippen molar-refractivity contribution in [3.63, 3.8) is 0 Å². The Morgan fingerprint density at radius 2 is 1.61 bits per heavy atom. The van der Waals surface area contributed by atoms with Gasteiger partial charge in [-0.2, -0.15) is 5.10 Å². The molecule has 2 aliphatic rings. The topological polar surface area (TPSA) is 58.8 Å². The first kappa shape index (κ1) is 27.3. The van der Waals surface area contributed by atoms with Crippen LogP contribution in [0.15, 0.2) is 43.0 Å². The van der Waals surface area contributed by atoms with E-state index < -0.39 is 5.82 Å². The van der Waals surface area contributed by atoms with Crippen molar-refractivity contribution in [1.29, 1.82) is 0 Å². The van der Waals surface area contributed by atoms with Crippen molar-refractivity contribution in [1.82, 2.24) is 24.5 Å². The van der Waals surface area contributed by atoms with E-state index in [2.05, 4.69) is 26.9 Å². The van der Waals surface area contributed by atoms with Crippen LogP contribution in [0.25, 0.3) is 27.7 Å². The predicted octanol–water partition coefficient (Wildman–Crippen LogP) is 5.92. The molecule has 0 saturated carbocycles. The van der Waals surface area contributed by atoms with Crippen LogP contribution < -0.4 is 9.64 Å². The number of nitrogens with zero attached hydrogens (tertiary/aromatic N) is 6. The van der Waals surface area contributed by atoms with Crippen LogP contribution in [-0.2, 0) is 0 Å². The Balaban J connectivity index is 0.000000563. The van der Waals surface area contributed by atoms with Crippen molar-refractivity contribution >= 4 is 22.2 Å². The third-order valence-corrected chi connectivity index (χ3v) is 6.28. The second-order valence-corrected chi connectivity index (χ2v) is 8.53. The van der Waals surface area contributed by atoms with Gasteiger partial charge in [-0.15, -0.1) is 0 Å². The predicted molar refractivity (Wildman–Crippen MR) is 146 cm³/mol. The van der Waals surface area contributed by atoms with E-state index >= 15 is 0 Å². The molecule has 36 heavy (non-hydrogen) atoms. The summed E-state index contributed by atoms with van der Waals surface area (Å²) in [5.74, 6) is -0.237. The zero-order valence-electron chi connectivity index (χ0n) is 22.8. The molecule has 2 aliphatic heterocycles. The molecule has 2 fully saturated rings. The lowest BCUT2D eigenvalue weighted by molar-refractivity contribution is -0.00246. The number of anilines is 1. The Morgan fingerprint density at radius 1 is 0.917 bits per heavy atom. The van der Waals surface area contributed by atoms with Crippen molar-refractivity contribution < 1.29 is 9.13 Å². The van der Waals surface area contributed by atoms with E-state index in [-0.39, 0.29) is 5.75 Å². The van der Waals surface area contributed by atoms with Crippen LogP contribution >= 0.6 is 0 Å². The fraction of sp³-hybridized carbons (Fsp3) is 0.464. The number of methoxy groups -OCH3 is 1. The number of fused-ring (bicyclic) bond motifs is 2. The van der Waals surface area contributed by atoms with Crippen molar-refractivity contribution in [3.05, 3.63) is 48.8 Å². The minimum absolute atomic E-state index is 0.192. The minimum atomic E-state index is -0.428. The fourth-order valence-corrected chi connectivity index (χ4v) is 5.00. The summed E-state index contributed by atoms with van der Waals surface area (Å²) < 4.78 is 21.1. The minimum Gasteiger partial charge on any atom is -0.494 e. The van der Waals surface area contributed by atoms with Crippen LogP contribution in [-0.4, -0.2) is 64.8 Å². The first-order valence-electron chi connectivity index (χ1n) is 12.9.